The molecule has 0 aromatic heterocycles. The summed E-state index contributed by atoms with van der Waals surface area (Å²) >= 11 is 0. The van der Waals surface area contributed by atoms with E-state index < -0.39 is 23.2 Å². The van der Waals surface area contributed by atoms with Crippen molar-refractivity contribution in [1.82, 2.24) is 9.80 Å². The summed E-state index contributed by atoms with van der Waals surface area (Å²) in [7, 11) is 5.79. The quantitative estimate of drug-likeness (QED) is 0.658. The van der Waals surface area contributed by atoms with E-state index in [1.165, 1.54) is 0 Å². The first-order valence-corrected chi connectivity index (χ1v) is 13.1. The maximum Gasteiger partial charge on any atom is 0.228 e. The standard InChI is InChI=1S/C27H50N2O5/c1-18-17-21(28(7)8)23(31)24(33-18)34-22-15-12-14-20(30)13-10-11-16-29(9)25(32)27(5,6)26(3,4)19(22)2/h18-19,21-24,31H,10-17H2,1-9H3/t18-,19?,21+,22?,23-,24+/m1/s1. The zero-order chi connectivity index (χ0) is 25.8. The van der Waals surface area contributed by atoms with Crippen LogP contribution in [0.1, 0.15) is 86.5 Å². The maximum atomic E-state index is 13.5. The summed E-state index contributed by atoms with van der Waals surface area (Å²) in [5.41, 5.74) is -1.02. The molecule has 2 heterocycles. The van der Waals surface area contributed by atoms with E-state index in [1.807, 2.05) is 51.7 Å². The van der Waals surface area contributed by atoms with Crippen LogP contribution in [-0.4, -0.2) is 84.9 Å². The molecule has 0 spiro atoms. The Labute approximate surface area is 207 Å². The minimum atomic E-state index is -0.767. The van der Waals surface area contributed by atoms with Crippen LogP contribution in [-0.2, 0) is 19.1 Å². The molecule has 2 rings (SSSR count). The average molecular weight is 483 g/mol. The lowest BCUT2D eigenvalue weighted by Crippen LogP contribution is -2.56. The molecule has 0 aromatic carbocycles. The number of aliphatic hydroxyl groups excluding tert-OH is 1. The van der Waals surface area contributed by atoms with Crippen LogP contribution in [0.2, 0.25) is 0 Å². The van der Waals surface area contributed by atoms with E-state index in [0.717, 1.165) is 25.7 Å². The summed E-state index contributed by atoms with van der Waals surface area (Å²) in [4.78, 5) is 29.8. The monoisotopic (exact) mass is 482 g/mol. The molecule has 2 unspecified atom stereocenters. The Morgan fingerprint density at radius 1 is 1.06 bits per heavy atom. The van der Waals surface area contributed by atoms with Crippen LogP contribution in [0.25, 0.3) is 0 Å². The summed E-state index contributed by atoms with van der Waals surface area (Å²) in [5.74, 6) is 0.373. The van der Waals surface area contributed by atoms with Gasteiger partial charge in [0.15, 0.2) is 6.29 Å². The lowest BCUT2D eigenvalue weighted by atomic mass is 9.59. The predicted molar refractivity (Wildman–Crippen MR) is 134 cm³/mol. The van der Waals surface area contributed by atoms with Crippen molar-refractivity contribution >= 4 is 11.7 Å². The second-order valence-corrected chi connectivity index (χ2v) is 12.0. The Morgan fingerprint density at radius 3 is 2.29 bits per heavy atom. The highest BCUT2D eigenvalue weighted by Crippen LogP contribution is 2.48. The van der Waals surface area contributed by atoms with Crippen molar-refractivity contribution < 1.29 is 24.2 Å². The number of nitrogens with zero attached hydrogens (tertiary/aromatic N) is 2. The summed E-state index contributed by atoms with van der Waals surface area (Å²) in [6.07, 6.45) is 3.11. The zero-order valence-corrected chi connectivity index (χ0v) is 23.1. The second-order valence-electron chi connectivity index (χ2n) is 12.0. The molecule has 0 radical (unpaired) electrons. The first-order valence-electron chi connectivity index (χ1n) is 13.1. The molecule has 198 valence electrons. The van der Waals surface area contributed by atoms with Crippen LogP contribution in [0.4, 0.5) is 0 Å². The minimum Gasteiger partial charge on any atom is -0.386 e. The molecule has 34 heavy (non-hydrogen) atoms. The van der Waals surface area contributed by atoms with Crippen molar-refractivity contribution in [3.63, 3.8) is 0 Å². The van der Waals surface area contributed by atoms with Crippen molar-refractivity contribution in [2.45, 2.75) is 117 Å². The van der Waals surface area contributed by atoms with Gasteiger partial charge in [0.2, 0.25) is 5.91 Å². The van der Waals surface area contributed by atoms with Gasteiger partial charge in [0.05, 0.1) is 12.2 Å². The van der Waals surface area contributed by atoms with Crippen molar-refractivity contribution in [3.8, 4) is 0 Å². The fourth-order valence-corrected chi connectivity index (χ4v) is 5.45. The molecule has 2 saturated heterocycles. The molecule has 7 nitrogen and oxygen atoms in total. The van der Waals surface area contributed by atoms with E-state index in [0.29, 0.717) is 25.8 Å². The molecule has 0 aliphatic carbocycles. The van der Waals surface area contributed by atoms with Gasteiger partial charge in [0.1, 0.15) is 11.9 Å². The van der Waals surface area contributed by atoms with Gasteiger partial charge >= 0.3 is 0 Å². The third-order valence-corrected chi connectivity index (χ3v) is 8.92. The summed E-state index contributed by atoms with van der Waals surface area (Å²) < 4.78 is 12.6. The van der Waals surface area contributed by atoms with E-state index in [1.54, 1.807) is 0 Å². The number of Topliss-reactive ketones (excluding diaryl/α,β-unsaturated/α-hetero) is 1. The lowest BCUT2D eigenvalue weighted by molar-refractivity contribution is -0.279. The molecule has 2 fully saturated rings. The van der Waals surface area contributed by atoms with E-state index in [9.17, 15) is 14.7 Å². The molecule has 6 atom stereocenters. The molecule has 7 heteroatoms. The molecular weight excluding hydrogens is 432 g/mol. The van der Waals surface area contributed by atoms with Gasteiger partial charge in [-0.1, -0.05) is 34.6 Å². The molecule has 0 saturated carbocycles. The maximum absolute atomic E-state index is 13.5. The van der Waals surface area contributed by atoms with Gasteiger partial charge in [-0.2, -0.15) is 0 Å². The first-order chi connectivity index (χ1) is 15.7. The average Bonchev–Trinajstić information content (AvgIpc) is 2.75. The van der Waals surface area contributed by atoms with Crippen molar-refractivity contribution in [2.24, 2.45) is 16.7 Å². The minimum absolute atomic E-state index is 0.0104. The number of hydrogen-bond acceptors (Lipinski definition) is 6. The number of hydrogen-bond donors (Lipinski definition) is 1. The summed E-state index contributed by atoms with van der Waals surface area (Å²) in [6, 6.07) is -0.0520. The number of carbonyl (C=O) groups excluding carboxylic acids is 2. The van der Waals surface area contributed by atoms with Crippen LogP contribution >= 0.6 is 0 Å². The van der Waals surface area contributed by atoms with Crippen LogP contribution in [0, 0.1) is 16.7 Å². The number of carbonyl (C=O) groups is 2. The third kappa shape index (κ3) is 6.59. The highest BCUT2D eigenvalue weighted by molar-refractivity contribution is 5.82. The molecule has 0 bridgehead atoms. The van der Waals surface area contributed by atoms with Crippen molar-refractivity contribution in [3.05, 3.63) is 0 Å². The summed E-state index contributed by atoms with van der Waals surface area (Å²) in [6.45, 7) is 13.1. The molecular formula is C27H50N2O5. The SMILES string of the molecule is CC1C(O[C@@H]2O[C@H](C)C[C@H](N(C)C)[C@H]2O)CCCC(=O)CCCCN(C)C(=O)C(C)(C)C1(C)C. The van der Waals surface area contributed by atoms with E-state index in [4.69, 9.17) is 9.47 Å². The van der Waals surface area contributed by atoms with Crippen LogP contribution in [0.5, 0.6) is 0 Å². The highest BCUT2D eigenvalue weighted by atomic mass is 16.7. The zero-order valence-electron chi connectivity index (χ0n) is 23.1. The van der Waals surface area contributed by atoms with E-state index in [2.05, 4.69) is 20.8 Å². The number of ketones is 1. The molecule has 0 aromatic rings. The third-order valence-electron chi connectivity index (χ3n) is 8.92. The Kier molecular flexibility index (Phi) is 10.1. The Balaban J connectivity index is 2.34. The number of rotatable bonds is 3. The topological polar surface area (TPSA) is 79.3 Å². The van der Waals surface area contributed by atoms with Gasteiger partial charge in [-0.05, 0) is 64.5 Å². The first kappa shape index (κ1) is 29.2. The van der Waals surface area contributed by atoms with E-state index >= 15 is 0 Å². The fourth-order valence-electron chi connectivity index (χ4n) is 5.45. The Bertz CT molecular complexity index is 693. The van der Waals surface area contributed by atoms with Gasteiger partial charge in [-0.25, -0.2) is 0 Å². The fraction of sp³-hybridized carbons (Fsp3) is 0.926. The number of likely N-dealkylation sites (N-methyl/N-ethyl adjacent to an activating group) is 1. The van der Waals surface area contributed by atoms with Crippen LogP contribution < -0.4 is 0 Å². The van der Waals surface area contributed by atoms with E-state index in [-0.39, 0.29) is 35.9 Å². The lowest BCUT2D eigenvalue weighted by Gasteiger charge is -2.50. The second kappa shape index (κ2) is 11.8. The van der Waals surface area contributed by atoms with Crippen LogP contribution in [0.3, 0.4) is 0 Å². The van der Waals surface area contributed by atoms with Gasteiger partial charge in [-0.3, -0.25) is 9.59 Å². The Morgan fingerprint density at radius 2 is 1.68 bits per heavy atom. The van der Waals surface area contributed by atoms with Crippen molar-refractivity contribution in [1.29, 1.82) is 0 Å². The van der Waals surface area contributed by atoms with Gasteiger partial charge in [0, 0.05) is 37.9 Å². The van der Waals surface area contributed by atoms with Crippen LogP contribution in [0.15, 0.2) is 0 Å². The molecule has 2 aliphatic heterocycles. The molecule has 1 N–H and O–H groups in total. The summed E-state index contributed by atoms with van der Waals surface area (Å²) in [5, 5.41) is 11.1. The van der Waals surface area contributed by atoms with Gasteiger partial charge < -0.3 is 24.4 Å². The predicted octanol–water partition coefficient (Wildman–Crippen LogP) is 3.87. The largest absolute Gasteiger partial charge is 0.386 e. The normalized spacial score (nSPS) is 36.4. The molecule has 2 aliphatic rings. The highest BCUT2D eigenvalue weighted by Gasteiger charge is 2.50. The smallest absolute Gasteiger partial charge is 0.228 e. The molecule has 1 amide bonds. The number of ether oxygens (including phenoxy) is 2. The number of aliphatic hydroxyl groups is 1. The van der Waals surface area contributed by atoms with Gasteiger partial charge in [0.25, 0.3) is 0 Å². The van der Waals surface area contributed by atoms with Crippen molar-refractivity contribution in [2.75, 3.05) is 27.7 Å². The van der Waals surface area contributed by atoms with Gasteiger partial charge in [-0.15, -0.1) is 0 Å². The Hall–Kier alpha value is -1.02. The number of amides is 1.